The fourth-order valence-electron chi connectivity index (χ4n) is 1.28. The molecule has 0 bridgehead atoms. The van der Waals surface area contributed by atoms with Gasteiger partial charge in [0, 0.05) is 12.4 Å². The number of aromatic nitrogens is 2. The fourth-order valence-corrected chi connectivity index (χ4v) is 1.28. The molecular weight excluding hydrogens is 199 g/mol. The van der Waals surface area contributed by atoms with Gasteiger partial charge in [-0.3, -0.25) is 0 Å². The predicted octanol–water partition coefficient (Wildman–Crippen LogP) is 1.65. The number of rotatable bonds is 2. The van der Waals surface area contributed by atoms with Crippen molar-refractivity contribution in [3.8, 4) is 0 Å². The molecule has 0 saturated heterocycles. The third-order valence-electron chi connectivity index (χ3n) is 1.92. The second-order valence-electron chi connectivity index (χ2n) is 2.93. The number of halogens is 1. The first-order valence-electron chi connectivity index (χ1n) is 4.52. The molecule has 2 heterocycles. The Bertz CT molecular complexity index is 507. The second kappa shape index (κ2) is 3.68. The molecule has 0 radical (unpaired) electrons. The van der Waals surface area contributed by atoms with Crippen LogP contribution in [0.2, 0.25) is 0 Å². The van der Waals surface area contributed by atoms with Crippen molar-refractivity contribution in [1.82, 2.24) is 9.38 Å². The summed E-state index contributed by atoms with van der Waals surface area (Å²) in [6.07, 6.45) is 3.06. The fraction of sp³-hybridized carbons (Fsp3) is 0.200. The summed E-state index contributed by atoms with van der Waals surface area (Å²) in [4.78, 5) is 15.1. The van der Waals surface area contributed by atoms with Gasteiger partial charge in [-0.05, 0) is 19.1 Å². The molecule has 0 aliphatic carbocycles. The van der Waals surface area contributed by atoms with Crippen LogP contribution in [0.25, 0.3) is 5.65 Å². The lowest BCUT2D eigenvalue weighted by Crippen LogP contribution is -2.04. The molecule has 2 aromatic rings. The number of nitrogens with zero attached hydrogens (tertiary/aromatic N) is 2. The van der Waals surface area contributed by atoms with Gasteiger partial charge in [-0.25, -0.2) is 14.2 Å². The van der Waals surface area contributed by atoms with Gasteiger partial charge in [0.05, 0.1) is 6.61 Å². The Morgan fingerprint density at radius 1 is 1.67 bits per heavy atom. The highest BCUT2D eigenvalue weighted by atomic mass is 19.1. The number of hydrogen-bond acceptors (Lipinski definition) is 3. The zero-order valence-electron chi connectivity index (χ0n) is 8.11. The topological polar surface area (TPSA) is 43.6 Å². The van der Waals surface area contributed by atoms with Crippen molar-refractivity contribution >= 4 is 11.6 Å². The maximum Gasteiger partial charge on any atom is 0.358 e. The van der Waals surface area contributed by atoms with Gasteiger partial charge in [0.15, 0.2) is 17.2 Å². The number of carbonyl (C=O) groups excluding carboxylic acids is 1. The smallest absolute Gasteiger partial charge is 0.358 e. The number of ether oxygens (including phenoxy) is 1. The van der Waals surface area contributed by atoms with Crippen molar-refractivity contribution in [2.45, 2.75) is 6.92 Å². The van der Waals surface area contributed by atoms with Crippen LogP contribution >= 0.6 is 0 Å². The summed E-state index contributed by atoms with van der Waals surface area (Å²) in [5, 5.41) is 0. The molecule has 0 unspecified atom stereocenters. The molecule has 78 valence electrons. The number of esters is 1. The van der Waals surface area contributed by atoms with Gasteiger partial charge < -0.3 is 9.14 Å². The second-order valence-corrected chi connectivity index (χ2v) is 2.93. The van der Waals surface area contributed by atoms with Gasteiger partial charge in [-0.2, -0.15) is 0 Å². The van der Waals surface area contributed by atoms with Crippen molar-refractivity contribution in [3.05, 3.63) is 36.0 Å². The molecule has 0 aliphatic heterocycles. The Morgan fingerprint density at radius 2 is 2.47 bits per heavy atom. The van der Waals surface area contributed by atoms with E-state index in [0.717, 1.165) is 0 Å². The van der Waals surface area contributed by atoms with Crippen LogP contribution in [-0.4, -0.2) is 22.0 Å². The van der Waals surface area contributed by atoms with E-state index in [1.165, 1.54) is 16.7 Å². The number of fused-ring (bicyclic) bond motifs is 1. The summed E-state index contributed by atoms with van der Waals surface area (Å²) < 4.78 is 19.4. The molecule has 0 amide bonds. The first-order valence-corrected chi connectivity index (χ1v) is 4.52. The van der Waals surface area contributed by atoms with E-state index in [9.17, 15) is 9.18 Å². The molecular formula is C10H9FN2O2. The van der Waals surface area contributed by atoms with Crippen molar-refractivity contribution in [2.75, 3.05) is 6.61 Å². The summed E-state index contributed by atoms with van der Waals surface area (Å²) in [5.41, 5.74) is 0.238. The zero-order valence-corrected chi connectivity index (χ0v) is 8.11. The largest absolute Gasteiger partial charge is 0.461 e. The lowest BCUT2D eigenvalue weighted by molar-refractivity contribution is 0.0520. The monoisotopic (exact) mass is 208 g/mol. The minimum Gasteiger partial charge on any atom is -0.461 e. The van der Waals surface area contributed by atoms with E-state index in [1.807, 2.05) is 0 Å². The van der Waals surface area contributed by atoms with Crippen LogP contribution in [0, 0.1) is 5.82 Å². The summed E-state index contributed by atoms with van der Waals surface area (Å²) >= 11 is 0. The molecule has 2 aromatic heterocycles. The molecule has 0 N–H and O–H groups in total. The lowest BCUT2D eigenvalue weighted by Gasteiger charge is -1.95. The average molecular weight is 208 g/mol. The summed E-state index contributed by atoms with van der Waals surface area (Å²) in [6, 6.07) is 2.83. The van der Waals surface area contributed by atoms with Gasteiger partial charge in [-0.1, -0.05) is 0 Å². The maximum absolute atomic E-state index is 13.2. The zero-order chi connectivity index (χ0) is 10.8. The van der Waals surface area contributed by atoms with Gasteiger partial charge >= 0.3 is 5.97 Å². The van der Waals surface area contributed by atoms with Crippen LogP contribution in [0.5, 0.6) is 0 Å². The van der Waals surface area contributed by atoms with E-state index in [4.69, 9.17) is 4.74 Å². The highest BCUT2D eigenvalue weighted by molar-refractivity contribution is 5.87. The van der Waals surface area contributed by atoms with Crippen LogP contribution in [0.15, 0.2) is 24.5 Å². The van der Waals surface area contributed by atoms with Crippen LogP contribution in [0.4, 0.5) is 4.39 Å². The molecule has 0 atom stereocenters. The minimum atomic E-state index is -0.541. The minimum absolute atomic E-state index is 0.113. The molecule has 2 rings (SSSR count). The third kappa shape index (κ3) is 1.68. The van der Waals surface area contributed by atoms with E-state index in [0.29, 0.717) is 0 Å². The number of imidazole rings is 1. The van der Waals surface area contributed by atoms with Crippen molar-refractivity contribution in [3.63, 3.8) is 0 Å². The van der Waals surface area contributed by atoms with Crippen LogP contribution in [0.1, 0.15) is 17.4 Å². The summed E-state index contributed by atoms with van der Waals surface area (Å²) in [5.74, 6) is -1.01. The Balaban J connectivity index is 2.47. The first-order chi connectivity index (χ1) is 7.22. The predicted molar refractivity (Wildman–Crippen MR) is 51.1 cm³/mol. The van der Waals surface area contributed by atoms with Gasteiger partial charge in [0.1, 0.15) is 0 Å². The van der Waals surface area contributed by atoms with E-state index < -0.39 is 11.8 Å². The SMILES string of the molecule is CCOC(=O)c1cn2cccc(F)c2n1. The average Bonchev–Trinajstić information content (AvgIpc) is 2.63. The highest BCUT2D eigenvalue weighted by Gasteiger charge is 2.13. The van der Waals surface area contributed by atoms with Crippen molar-refractivity contribution < 1.29 is 13.9 Å². The van der Waals surface area contributed by atoms with Gasteiger partial charge in [0.2, 0.25) is 0 Å². The van der Waals surface area contributed by atoms with Crippen molar-refractivity contribution in [1.29, 1.82) is 0 Å². The molecule has 0 fully saturated rings. The number of carbonyl (C=O) groups is 1. The van der Waals surface area contributed by atoms with E-state index in [-0.39, 0.29) is 17.9 Å². The maximum atomic E-state index is 13.2. The van der Waals surface area contributed by atoms with Crippen LogP contribution < -0.4 is 0 Å². The lowest BCUT2D eigenvalue weighted by atomic mass is 10.4. The van der Waals surface area contributed by atoms with Gasteiger partial charge in [0.25, 0.3) is 0 Å². The molecule has 0 saturated carbocycles. The van der Waals surface area contributed by atoms with E-state index in [2.05, 4.69) is 4.98 Å². The van der Waals surface area contributed by atoms with E-state index >= 15 is 0 Å². The van der Waals surface area contributed by atoms with Crippen molar-refractivity contribution in [2.24, 2.45) is 0 Å². The quantitative estimate of drug-likeness (QED) is 0.705. The molecule has 4 nitrogen and oxygen atoms in total. The van der Waals surface area contributed by atoms with Crippen LogP contribution in [-0.2, 0) is 4.74 Å². The number of pyridine rings is 1. The molecule has 0 aliphatic rings. The standard InChI is InChI=1S/C10H9FN2O2/c1-2-15-10(14)8-6-13-5-3-4-7(11)9(13)12-8/h3-6H,2H2,1H3. The number of hydrogen-bond donors (Lipinski definition) is 0. The highest BCUT2D eigenvalue weighted by Crippen LogP contribution is 2.09. The molecule has 0 aromatic carbocycles. The molecule has 15 heavy (non-hydrogen) atoms. The normalized spacial score (nSPS) is 10.5. The Hall–Kier alpha value is -1.91. The third-order valence-corrected chi connectivity index (χ3v) is 1.92. The first kappa shape index (κ1) is 9.64. The van der Waals surface area contributed by atoms with Crippen LogP contribution in [0.3, 0.4) is 0 Å². The summed E-state index contributed by atoms with van der Waals surface area (Å²) in [6.45, 7) is 1.98. The van der Waals surface area contributed by atoms with E-state index in [1.54, 1.807) is 19.2 Å². The van der Waals surface area contributed by atoms with Gasteiger partial charge in [-0.15, -0.1) is 0 Å². The molecule has 0 spiro atoms. The summed E-state index contributed by atoms with van der Waals surface area (Å²) in [7, 11) is 0. The Kier molecular flexibility index (Phi) is 2.37. The Labute approximate surface area is 85.3 Å². The molecule has 5 heteroatoms. The Morgan fingerprint density at radius 3 is 3.13 bits per heavy atom.